The molecular formula is C47H37N3. The summed E-state index contributed by atoms with van der Waals surface area (Å²) in [6.07, 6.45) is 33.7. The van der Waals surface area contributed by atoms with E-state index in [1.807, 2.05) is 24.4 Å². The maximum Gasteiger partial charge on any atom is 0.160 e. The number of pyridine rings is 1. The number of allylic oxidation sites excluding steroid dienone is 7. The zero-order valence-corrected chi connectivity index (χ0v) is 27.9. The molecule has 0 saturated carbocycles. The van der Waals surface area contributed by atoms with E-state index in [4.69, 9.17) is 9.97 Å². The second kappa shape index (κ2) is 15.2. The van der Waals surface area contributed by atoms with E-state index in [0.717, 1.165) is 65.0 Å². The lowest BCUT2D eigenvalue weighted by Gasteiger charge is -2.17. The molecule has 50 heavy (non-hydrogen) atoms. The molecule has 6 aromatic rings. The van der Waals surface area contributed by atoms with E-state index in [2.05, 4.69) is 157 Å². The van der Waals surface area contributed by atoms with E-state index >= 15 is 0 Å². The fraction of sp³-hybridized carbons (Fsp3) is 0.0851. The Labute approximate surface area is 294 Å². The highest BCUT2D eigenvalue weighted by Gasteiger charge is 2.19. The molecule has 3 heteroatoms. The second-order valence-corrected chi connectivity index (χ2v) is 12.2. The van der Waals surface area contributed by atoms with Gasteiger partial charge in [-0.15, -0.1) is 12.8 Å². The standard InChI is InChI=1S/C45H35N3.C2H2/c1-2-4-7-23-40(36-19-12-10-17-32(36)16-6-3-1)43-31-44(41-30-35-18-11-13-20-37(35)38-21-8-5-9-22-39(38)41)48-45(47-43)34-27-25-33(26-28-34)42-24-14-15-29-46-42;1-2/h2-4,6,8-15,17-31H,1,5,7,16H2;1-2H/b4-2+,6-3-,40-23+;. The van der Waals surface area contributed by atoms with E-state index in [0.29, 0.717) is 5.82 Å². The van der Waals surface area contributed by atoms with Crippen LogP contribution in [0.3, 0.4) is 0 Å². The summed E-state index contributed by atoms with van der Waals surface area (Å²) >= 11 is 0. The Morgan fingerprint density at radius 2 is 1.22 bits per heavy atom. The van der Waals surface area contributed by atoms with Crippen molar-refractivity contribution in [3.05, 3.63) is 180 Å². The molecular weight excluding hydrogens is 607 g/mol. The lowest BCUT2D eigenvalue weighted by molar-refractivity contribution is 1.14. The topological polar surface area (TPSA) is 38.7 Å². The first kappa shape index (κ1) is 32.2. The normalized spacial score (nSPS) is 15.9. The van der Waals surface area contributed by atoms with Crippen LogP contribution in [0.1, 0.15) is 47.2 Å². The summed E-state index contributed by atoms with van der Waals surface area (Å²) in [6, 6.07) is 36.3. The summed E-state index contributed by atoms with van der Waals surface area (Å²) in [4.78, 5) is 15.2. The Morgan fingerprint density at radius 3 is 2.08 bits per heavy atom. The van der Waals surface area contributed by atoms with Crippen molar-refractivity contribution in [3.63, 3.8) is 0 Å². The van der Waals surface area contributed by atoms with Gasteiger partial charge in [0.15, 0.2) is 5.82 Å². The average molecular weight is 644 g/mol. The Hall–Kier alpha value is -6.37. The molecule has 0 bridgehead atoms. The van der Waals surface area contributed by atoms with Gasteiger partial charge in [-0.05, 0) is 83.0 Å². The van der Waals surface area contributed by atoms with Crippen LogP contribution < -0.4 is 0 Å². The number of rotatable bonds is 4. The lowest BCUT2D eigenvalue weighted by atomic mass is 9.90. The van der Waals surface area contributed by atoms with E-state index in [-0.39, 0.29) is 0 Å². The van der Waals surface area contributed by atoms with Gasteiger partial charge in [0.1, 0.15) is 0 Å². The van der Waals surface area contributed by atoms with Crippen LogP contribution in [0, 0.1) is 12.8 Å². The lowest BCUT2D eigenvalue weighted by Crippen LogP contribution is -2.02. The molecule has 2 aromatic heterocycles. The minimum Gasteiger partial charge on any atom is -0.256 e. The average Bonchev–Trinajstić information content (AvgIpc) is 3.47. The number of hydrogen-bond acceptors (Lipinski definition) is 3. The van der Waals surface area contributed by atoms with Crippen molar-refractivity contribution >= 4 is 28.5 Å². The van der Waals surface area contributed by atoms with Gasteiger partial charge in [0.25, 0.3) is 0 Å². The van der Waals surface area contributed by atoms with Crippen LogP contribution in [0.2, 0.25) is 0 Å². The monoisotopic (exact) mass is 643 g/mol. The maximum absolute atomic E-state index is 5.33. The Morgan fingerprint density at radius 1 is 0.520 bits per heavy atom. The quantitative estimate of drug-likeness (QED) is 0.142. The van der Waals surface area contributed by atoms with Gasteiger partial charge in [-0.3, -0.25) is 4.98 Å². The van der Waals surface area contributed by atoms with Crippen molar-refractivity contribution in [1.29, 1.82) is 0 Å². The molecule has 2 aliphatic rings. The highest BCUT2D eigenvalue weighted by atomic mass is 14.9. The molecule has 4 aromatic carbocycles. The molecule has 0 aliphatic heterocycles. The van der Waals surface area contributed by atoms with Crippen molar-refractivity contribution in [2.24, 2.45) is 0 Å². The first-order chi connectivity index (χ1) is 24.8. The summed E-state index contributed by atoms with van der Waals surface area (Å²) in [7, 11) is 0. The number of hydrogen-bond donors (Lipinski definition) is 0. The number of benzene rings is 4. The molecule has 0 N–H and O–H groups in total. The summed E-state index contributed by atoms with van der Waals surface area (Å²) < 4.78 is 0. The van der Waals surface area contributed by atoms with Crippen LogP contribution in [0.5, 0.6) is 0 Å². The van der Waals surface area contributed by atoms with Crippen molar-refractivity contribution in [3.8, 4) is 46.7 Å². The molecule has 0 radical (unpaired) electrons. The van der Waals surface area contributed by atoms with Gasteiger partial charge in [0.2, 0.25) is 0 Å². The zero-order chi connectivity index (χ0) is 34.1. The molecule has 8 rings (SSSR count). The Bertz CT molecular complexity index is 2320. The summed E-state index contributed by atoms with van der Waals surface area (Å²) in [6.45, 7) is 0. The van der Waals surface area contributed by atoms with Gasteiger partial charge in [0, 0.05) is 28.5 Å². The smallest absolute Gasteiger partial charge is 0.160 e. The van der Waals surface area contributed by atoms with Gasteiger partial charge in [0.05, 0.1) is 17.1 Å². The predicted octanol–water partition coefficient (Wildman–Crippen LogP) is 11.6. The van der Waals surface area contributed by atoms with E-state index in [9.17, 15) is 0 Å². The van der Waals surface area contributed by atoms with Gasteiger partial charge in [-0.1, -0.05) is 134 Å². The van der Waals surface area contributed by atoms with Gasteiger partial charge < -0.3 is 0 Å². The molecule has 2 aliphatic carbocycles. The van der Waals surface area contributed by atoms with Crippen LogP contribution in [0.25, 0.3) is 62.4 Å². The Kier molecular flexibility index (Phi) is 9.81. The molecule has 0 saturated heterocycles. The summed E-state index contributed by atoms with van der Waals surface area (Å²) in [5.41, 5.74) is 12.0. The number of terminal acetylenes is 1. The van der Waals surface area contributed by atoms with Crippen molar-refractivity contribution < 1.29 is 0 Å². The molecule has 0 spiro atoms. The molecule has 0 amide bonds. The highest BCUT2D eigenvalue weighted by molar-refractivity contribution is 6.00. The van der Waals surface area contributed by atoms with Crippen LogP contribution >= 0.6 is 0 Å². The molecule has 2 heterocycles. The maximum atomic E-state index is 5.33. The molecule has 240 valence electrons. The minimum absolute atomic E-state index is 0.702. The Balaban J connectivity index is 0.00000193. The first-order valence-corrected chi connectivity index (χ1v) is 17.0. The first-order valence-electron chi connectivity index (χ1n) is 17.0. The van der Waals surface area contributed by atoms with Crippen LogP contribution in [0.15, 0.2) is 152 Å². The van der Waals surface area contributed by atoms with E-state index in [1.54, 1.807) is 0 Å². The summed E-state index contributed by atoms with van der Waals surface area (Å²) in [5.74, 6) is 0.702. The van der Waals surface area contributed by atoms with Crippen LogP contribution in [-0.4, -0.2) is 15.0 Å². The molecule has 0 unspecified atom stereocenters. The second-order valence-electron chi connectivity index (χ2n) is 12.2. The van der Waals surface area contributed by atoms with Crippen molar-refractivity contribution in [2.45, 2.75) is 25.7 Å². The van der Waals surface area contributed by atoms with Gasteiger partial charge in [-0.25, -0.2) is 9.97 Å². The van der Waals surface area contributed by atoms with Gasteiger partial charge >= 0.3 is 0 Å². The third-order valence-corrected chi connectivity index (χ3v) is 9.06. The molecule has 3 nitrogen and oxygen atoms in total. The van der Waals surface area contributed by atoms with Crippen molar-refractivity contribution in [2.75, 3.05) is 0 Å². The molecule has 0 atom stereocenters. The third kappa shape index (κ3) is 6.79. The number of nitrogens with zero attached hydrogens (tertiary/aromatic N) is 3. The fourth-order valence-electron chi connectivity index (χ4n) is 6.67. The largest absolute Gasteiger partial charge is 0.256 e. The van der Waals surface area contributed by atoms with E-state index < -0.39 is 0 Å². The SMILES string of the molecule is C#C.C1=Cc2c(-c3cc(/C4=C/C/C=C/C/C=C\Cc5ccccc54)nc(-c4ccc(-c5ccccn5)cc4)n3)cc3ccccc3c2C=CC1. The van der Waals surface area contributed by atoms with Gasteiger partial charge in [-0.2, -0.15) is 0 Å². The summed E-state index contributed by atoms with van der Waals surface area (Å²) in [5, 5.41) is 2.45. The third-order valence-electron chi connectivity index (χ3n) is 9.06. The number of aromatic nitrogens is 3. The van der Waals surface area contributed by atoms with Crippen LogP contribution in [0.4, 0.5) is 0 Å². The predicted molar refractivity (Wildman–Crippen MR) is 211 cm³/mol. The number of fused-ring (bicyclic) bond motifs is 4. The molecule has 0 fully saturated rings. The fourth-order valence-corrected chi connectivity index (χ4v) is 6.67. The van der Waals surface area contributed by atoms with Crippen LogP contribution in [-0.2, 0) is 6.42 Å². The van der Waals surface area contributed by atoms with Crippen molar-refractivity contribution in [1.82, 2.24) is 15.0 Å². The highest BCUT2D eigenvalue weighted by Crippen LogP contribution is 2.38. The van der Waals surface area contributed by atoms with E-state index in [1.165, 1.54) is 33.0 Å². The minimum atomic E-state index is 0.702. The zero-order valence-electron chi connectivity index (χ0n) is 27.9.